The standard InChI is InChI=1S/C23H23F7N2O2S/c1-12-10-13(18(22(25,26)27)23(28,29)30)8-9-16(12)31-19(33)14-6-5-7-15(24)17(14)20(34)32-21(2,3)11-35-4/h5-10,18H,11H2,1-4H3,(H,31,33)(H,32,34). The van der Waals surface area contributed by atoms with Crippen LogP contribution >= 0.6 is 11.8 Å². The van der Waals surface area contributed by atoms with Gasteiger partial charge in [-0.15, -0.1) is 0 Å². The lowest BCUT2D eigenvalue weighted by Gasteiger charge is -2.26. The second kappa shape index (κ2) is 10.5. The van der Waals surface area contributed by atoms with E-state index in [-0.39, 0.29) is 16.8 Å². The van der Waals surface area contributed by atoms with Gasteiger partial charge in [-0.1, -0.05) is 18.2 Å². The molecule has 0 heterocycles. The molecule has 2 aromatic rings. The number of rotatable bonds is 7. The fourth-order valence-electron chi connectivity index (χ4n) is 3.47. The summed E-state index contributed by atoms with van der Waals surface area (Å²) in [7, 11) is 0. The fourth-order valence-corrected chi connectivity index (χ4v) is 4.26. The van der Waals surface area contributed by atoms with Gasteiger partial charge in [0.2, 0.25) is 0 Å². The predicted molar refractivity (Wildman–Crippen MR) is 120 cm³/mol. The van der Waals surface area contributed by atoms with Gasteiger partial charge >= 0.3 is 12.4 Å². The quantitative estimate of drug-likeness (QED) is 0.409. The molecule has 0 radical (unpaired) electrons. The van der Waals surface area contributed by atoms with Gasteiger partial charge < -0.3 is 10.6 Å². The minimum absolute atomic E-state index is 0.0853. The molecule has 0 spiro atoms. The number of nitrogens with one attached hydrogen (secondary N) is 2. The van der Waals surface area contributed by atoms with Crippen molar-refractivity contribution in [1.29, 1.82) is 0 Å². The van der Waals surface area contributed by atoms with Crippen LogP contribution in [0.25, 0.3) is 0 Å². The van der Waals surface area contributed by atoms with Gasteiger partial charge in [0.1, 0.15) is 5.82 Å². The molecule has 2 N–H and O–H groups in total. The van der Waals surface area contributed by atoms with E-state index in [1.165, 1.54) is 30.8 Å². The fraction of sp³-hybridized carbons (Fsp3) is 0.391. The van der Waals surface area contributed by atoms with Gasteiger partial charge in [-0.25, -0.2) is 4.39 Å². The average Bonchev–Trinajstić information content (AvgIpc) is 2.66. The highest BCUT2D eigenvalue weighted by molar-refractivity contribution is 7.98. The zero-order valence-electron chi connectivity index (χ0n) is 19.1. The van der Waals surface area contributed by atoms with Crippen LogP contribution in [0.4, 0.5) is 36.4 Å². The van der Waals surface area contributed by atoms with Crippen LogP contribution in [0, 0.1) is 12.7 Å². The molecule has 0 saturated carbocycles. The van der Waals surface area contributed by atoms with E-state index in [9.17, 15) is 40.3 Å². The summed E-state index contributed by atoms with van der Waals surface area (Å²) in [6, 6.07) is 5.54. The molecular formula is C23H23F7N2O2S. The number of alkyl halides is 6. The number of anilines is 1. The molecule has 4 nitrogen and oxygen atoms in total. The lowest BCUT2D eigenvalue weighted by Crippen LogP contribution is -2.46. The van der Waals surface area contributed by atoms with Crippen LogP contribution in [0.15, 0.2) is 36.4 Å². The summed E-state index contributed by atoms with van der Waals surface area (Å²) < 4.78 is 92.7. The van der Waals surface area contributed by atoms with Crippen molar-refractivity contribution >= 4 is 29.3 Å². The third-order valence-electron chi connectivity index (χ3n) is 4.93. The van der Waals surface area contributed by atoms with Crippen LogP contribution in [-0.4, -0.2) is 41.7 Å². The molecule has 0 bridgehead atoms. The Bertz CT molecular complexity index is 1080. The zero-order chi connectivity index (χ0) is 26.8. The summed E-state index contributed by atoms with van der Waals surface area (Å²) in [5, 5.41) is 4.97. The van der Waals surface area contributed by atoms with Crippen molar-refractivity contribution in [3.8, 4) is 0 Å². The molecule has 35 heavy (non-hydrogen) atoms. The first-order chi connectivity index (χ1) is 16.0. The molecule has 192 valence electrons. The van der Waals surface area contributed by atoms with E-state index in [1.807, 2.05) is 6.26 Å². The van der Waals surface area contributed by atoms with Crippen LogP contribution < -0.4 is 10.6 Å². The topological polar surface area (TPSA) is 58.2 Å². The zero-order valence-corrected chi connectivity index (χ0v) is 19.9. The van der Waals surface area contributed by atoms with Crippen molar-refractivity contribution in [2.24, 2.45) is 0 Å². The third-order valence-corrected chi connectivity index (χ3v) is 5.94. The number of hydrogen-bond acceptors (Lipinski definition) is 3. The number of carbonyl (C=O) groups excluding carboxylic acids is 2. The van der Waals surface area contributed by atoms with Gasteiger partial charge in [0.05, 0.1) is 11.1 Å². The second-order valence-electron chi connectivity index (χ2n) is 8.48. The number of amides is 2. The van der Waals surface area contributed by atoms with E-state index < -0.39 is 52.6 Å². The molecule has 0 unspecified atom stereocenters. The maximum Gasteiger partial charge on any atom is 0.404 e. The van der Waals surface area contributed by atoms with Crippen LogP contribution in [0.3, 0.4) is 0 Å². The van der Waals surface area contributed by atoms with E-state index in [4.69, 9.17) is 0 Å². The monoisotopic (exact) mass is 524 g/mol. The van der Waals surface area contributed by atoms with Gasteiger partial charge in [0.15, 0.2) is 5.92 Å². The minimum atomic E-state index is -5.57. The molecule has 0 aliphatic rings. The molecule has 0 aromatic heterocycles. The molecule has 2 amide bonds. The molecule has 0 atom stereocenters. The molecule has 0 fully saturated rings. The third kappa shape index (κ3) is 7.12. The van der Waals surface area contributed by atoms with E-state index in [0.717, 1.165) is 12.1 Å². The highest BCUT2D eigenvalue weighted by atomic mass is 32.2. The smallest absolute Gasteiger partial charge is 0.346 e. The Labute approximate surface area is 201 Å². The van der Waals surface area contributed by atoms with E-state index >= 15 is 0 Å². The Balaban J connectivity index is 2.38. The SMILES string of the molecule is CSCC(C)(C)NC(=O)c1c(F)cccc1C(=O)Nc1ccc(C(C(F)(F)F)C(F)(F)F)cc1C. The van der Waals surface area contributed by atoms with Crippen molar-refractivity contribution < 1.29 is 40.3 Å². The lowest BCUT2D eigenvalue weighted by molar-refractivity contribution is -0.253. The summed E-state index contributed by atoms with van der Waals surface area (Å²) in [5.74, 6) is -5.98. The number of halogens is 7. The van der Waals surface area contributed by atoms with Crippen LogP contribution in [-0.2, 0) is 0 Å². The normalized spacial score (nSPS) is 12.6. The van der Waals surface area contributed by atoms with Crippen LogP contribution in [0.2, 0.25) is 0 Å². The molecular weight excluding hydrogens is 501 g/mol. The van der Waals surface area contributed by atoms with Gasteiger partial charge in [-0.05, 0) is 56.4 Å². The first kappa shape index (κ1) is 28.5. The molecule has 0 aliphatic carbocycles. The first-order valence-electron chi connectivity index (χ1n) is 10.1. The Hall–Kier alpha value is -2.76. The largest absolute Gasteiger partial charge is 0.404 e. The van der Waals surface area contributed by atoms with E-state index in [0.29, 0.717) is 17.9 Å². The lowest BCUT2D eigenvalue weighted by atomic mass is 9.95. The number of aryl methyl sites for hydroxylation is 1. The average molecular weight is 525 g/mol. The highest BCUT2D eigenvalue weighted by Crippen LogP contribution is 2.46. The van der Waals surface area contributed by atoms with Crippen molar-refractivity contribution in [1.82, 2.24) is 5.32 Å². The van der Waals surface area contributed by atoms with Crippen molar-refractivity contribution in [3.63, 3.8) is 0 Å². The first-order valence-corrected chi connectivity index (χ1v) is 11.5. The van der Waals surface area contributed by atoms with Crippen molar-refractivity contribution in [2.45, 2.75) is 44.6 Å². The maximum absolute atomic E-state index is 14.5. The highest BCUT2D eigenvalue weighted by Gasteiger charge is 2.57. The minimum Gasteiger partial charge on any atom is -0.346 e. The second-order valence-corrected chi connectivity index (χ2v) is 9.34. The predicted octanol–water partition coefficient (Wildman–Crippen LogP) is 6.47. The van der Waals surface area contributed by atoms with Gasteiger partial charge in [0.25, 0.3) is 11.8 Å². The number of carbonyl (C=O) groups is 2. The van der Waals surface area contributed by atoms with Gasteiger partial charge in [-0.2, -0.15) is 38.1 Å². The Morgan fingerprint density at radius 2 is 1.57 bits per heavy atom. The number of thioether (sulfide) groups is 1. The molecule has 12 heteroatoms. The maximum atomic E-state index is 14.5. The summed E-state index contributed by atoms with van der Waals surface area (Å²) >= 11 is 1.44. The Kier molecular flexibility index (Phi) is 8.52. The molecule has 2 aromatic carbocycles. The Morgan fingerprint density at radius 1 is 0.971 bits per heavy atom. The Morgan fingerprint density at radius 3 is 2.09 bits per heavy atom. The van der Waals surface area contributed by atoms with E-state index in [1.54, 1.807) is 13.8 Å². The van der Waals surface area contributed by atoms with Crippen molar-refractivity contribution in [3.05, 3.63) is 64.5 Å². The van der Waals surface area contributed by atoms with Crippen LogP contribution in [0.5, 0.6) is 0 Å². The summed E-state index contributed by atoms with van der Waals surface area (Å²) in [4.78, 5) is 25.6. The summed E-state index contributed by atoms with van der Waals surface area (Å²) in [5.41, 5.74) is -2.84. The summed E-state index contributed by atoms with van der Waals surface area (Å²) in [6.07, 6.45) is -9.32. The van der Waals surface area contributed by atoms with Gasteiger partial charge in [-0.3, -0.25) is 9.59 Å². The van der Waals surface area contributed by atoms with Crippen LogP contribution in [0.1, 0.15) is 51.6 Å². The van der Waals surface area contributed by atoms with Gasteiger partial charge in [0, 0.05) is 17.0 Å². The molecule has 0 saturated heterocycles. The van der Waals surface area contributed by atoms with Crippen molar-refractivity contribution in [2.75, 3.05) is 17.3 Å². The number of benzene rings is 2. The molecule has 2 rings (SSSR count). The number of hydrogen-bond donors (Lipinski definition) is 2. The molecule has 0 aliphatic heterocycles. The summed E-state index contributed by atoms with van der Waals surface area (Å²) in [6.45, 7) is 4.64. The van der Waals surface area contributed by atoms with E-state index in [2.05, 4.69) is 10.6 Å².